The maximum absolute atomic E-state index is 3.39. The Kier molecular flexibility index (Phi) is 11.3. The number of benzene rings is 2. The summed E-state index contributed by atoms with van der Waals surface area (Å²) in [6.45, 7) is 4.60. The predicted molar refractivity (Wildman–Crippen MR) is 115 cm³/mol. The van der Waals surface area contributed by atoms with E-state index in [-0.39, 0.29) is 45.4 Å². The van der Waals surface area contributed by atoms with Crippen LogP contribution in [0.5, 0.6) is 0 Å². The van der Waals surface area contributed by atoms with Gasteiger partial charge in [0, 0.05) is 0 Å². The van der Waals surface area contributed by atoms with E-state index in [9.17, 15) is 0 Å². The third kappa shape index (κ3) is 5.39. The Balaban J connectivity index is 0.00000182. The van der Waals surface area contributed by atoms with Crippen molar-refractivity contribution >= 4 is 23.1 Å². The van der Waals surface area contributed by atoms with E-state index < -0.39 is 0 Å². The van der Waals surface area contributed by atoms with Gasteiger partial charge in [-0.3, -0.25) is 0 Å². The van der Waals surface area contributed by atoms with Crippen molar-refractivity contribution in [2.45, 2.75) is 83.5 Å². The minimum Gasteiger partial charge on any atom is -1.00 e. The SMILES string of the molecule is CCCCCCC1(CCCCCC)c2c[c-]ccc2-c2ccccc21.[Br-].[Mg+2]. The molecule has 0 aliphatic heterocycles. The van der Waals surface area contributed by atoms with Gasteiger partial charge in [-0.05, 0) is 16.5 Å². The standard InChI is InChI=1S/C25H33.BrH.Mg/c1-3-5-7-13-19-25(20-14-8-6-4-2)23-17-11-9-15-21(23)22-16-10-12-18-24(22)25;;/h9-11,15-18H,3-8,13-14,19-20H2,1-2H3;1H;/q-1;;+2/p-1. The van der Waals surface area contributed by atoms with Crippen molar-refractivity contribution in [1.82, 2.24) is 0 Å². The molecule has 0 unspecified atom stereocenters. The van der Waals surface area contributed by atoms with Gasteiger partial charge in [-0.1, -0.05) is 102 Å². The zero-order valence-corrected chi connectivity index (χ0v) is 20.2. The normalized spacial score (nSPS) is 13.3. The quantitative estimate of drug-likeness (QED) is 0.295. The van der Waals surface area contributed by atoms with Crippen LogP contribution in [0.15, 0.2) is 42.5 Å². The maximum atomic E-state index is 3.39. The van der Waals surface area contributed by atoms with Crippen LogP contribution in [0.1, 0.15) is 89.2 Å². The second-order valence-corrected chi connectivity index (χ2v) is 7.72. The van der Waals surface area contributed by atoms with Crippen molar-refractivity contribution < 1.29 is 17.0 Å². The number of hydrogen-bond acceptors (Lipinski definition) is 0. The summed E-state index contributed by atoms with van der Waals surface area (Å²) in [6, 6.07) is 19.2. The van der Waals surface area contributed by atoms with Crippen LogP contribution in [0.4, 0.5) is 0 Å². The second-order valence-electron chi connectivity index (χ2n) is 7.72. The molecule has 0 heterocycles. The summed E-state index contributed by atoms with van der Waals surface area (Å²) >= 11 is 0. The van der Waals surface area contributed by atoms with Crippen molar-refractivity contribution in [3.63, 3.8) is 0 Å². The van der Waals surface area contributed by atoms with Crippen molar-refractivity contribution in [2.24, 2.45) is 0 Å². The average molecular weight is 438 g/mol. The van der Waals surface area contributed by atoms with Gasteiger partial charge in [-0.25, -0.2) is 0 Å². The zero-order valence-electron chi connectivity index (χ0n) is 17.2. The summed E-state index contributed by atoms with van der Waals surface area (Å²) in [7, 11) is 0. The molecule has 0 saturated carbocycles. The summed E-state index contributed by atoms with van der Waals surface area (Å²) in [4.78, 5) is 0. The first-order chi connectivity index (χ1) is 12.3. The van der Waals surface area contributed by atoms with Gasteiger partial charge in [0.2, 0.25) is 0 Å². The van der Waals surface area contributed by atoms with E-state index >= 15 is 0 Å². The second kappa shape index (κ2) is 12.3. The number of unbranched alkanes of at least 4 members (excludes halogenated alkanes) is 6. The number of hydrogen-bond donors (Lipinski definition) is 0. The Labute approximate surface area is 193 Å². The molecule has 0 nitrogen and oxygen atoms in total. The van der Waals surface area contributed by atoms with Crippen molar-refractivity contribution in [1.29, 1.82) is 0 Å². The molecule has 2 aromatic rings. The first kappa shape index (κ1) is 24.7. The third-order valence-corrected chi connectivity index (χ3v) is 6.03. The van der Waals surface area contributed by atoms with Crippen molar-refractivity contribution in [3.05, 3.63) is 59.7 Å². The van der Waals surface area contributed by atoms with E-state index in [1.807, 2.05) is 0 Å². The monoisotopic (exact) mass is 436 g/mol. The molecular formula is C25H33BrMg. The van der Waals surface area contributed by atoms with Crippen LogP contribution in [-0.2, 0) is 5.41 Å². The van der Waals surface area contributed by atoms with Crippen LogP contribution in [0, 0.1) is 6.07 Å². The summed E-state index contributed by atoms with van der Waals surface area (Å²) < 4.78 is 0. The van der Waals surface area contributed by atoms with Crippen molar-refractivity contribution in [2.75, 3.05) is 0 Å². The van der Waals surface area contributed by atoms with Crippen LogP contribution in [0.2, 0.25) is 0 Å². The fraction of sp³-hybridized carbons (Fsp3) is 0.520. The summed E-state index contributed by atoms with van der Waals surface area (Å²) in [5.41, 5.74) is 6.28. The molecule has 0 bridgehead atoms. The zero-order chi connectivity index (χ0) is 17.5. The minimum atomic E-state index is 0. The molecule has 0 amide bonds. The first-order valence-electron chi connectivity index (χ1n) is 10.4. The smallest absolute Gasteiger partial charge is 1.00 e. The van der Waals surface area contributed by atoms with E-state index in [0.29, 0.717) is 0 Å². The molecule has 27 heavy (non-hydrogen) atoms. The van der Waals surface area contributed by atoms with Gasteiger partial charge in [-0.15, -0.1) is 11.1 Å². The maximum Gasteiger partial charge on any atom is 2.00 e. The van der Waals surface area contributed by atoms with E-state index in [0.717, 1.165) is 0 Å². The number of halogens is 1. The summed E-state index contributed by atoms with van der Waals surface area (Å²) in [5, 5.41) is 0. The molecule has 3 rings (SSSR count). The van der Waals surface area contributed by atoms with Gasteiger partial charge in [0.15, 0.2) is 0 Å². The Morgan fingerprint density at radius 2 is 1.33 bits per heavy atom. The molecule has 0 radical (unpaired) electrons. The Hall–Kier alpha value is -0.314. The van der Waals surface area contributed by atoms with E-state index in [1.54, 1.807) is 11.1 Å². The molecule has 0 aromatic heterocycles. The van der Waals surface area contributed by atoms with Crippen LogP contribution in [0.25, 0.3) is 11.1 Å². The van der Waals surface area contributed by atoms with Gasteiger partial charge in [-0.2, -0.15) is 24.3 Å². The van der Waals surface area contributed by atoms with Crippen molar-refractivity contribution in [3.8, 4) is 11.1 Å². The molecule has 0 atom stereocenters. The largest absolute Gasteiger partial charge is 2.00 e. The van der Waals surface area contributed by atoms with Gasteiger partial charge in [0.05, 0.1) is 0 Å². The molecule has 0 spiro atoms. The predicted octanol–water partition coefficient (Wildman–Crippen LogP) is 4.32. The fourth-order valence-electron chi connectivity index (χ4n) is 4.71. The van der Waals surface area contributed by atoms with E-state index in [4.69, 9.17) is 0 Å². The van der Waals surface area contributed by atoms with E-state index in [2.05, 4.69) is 62.4 Å². The fourth-order valence-corrected chi connectivity index (χ4v) is 4.71. The van der Waals surface area contributed by atoms with Gasteiger partial charge >= 0.3 is 23.1 Å². The number of rotatable bonds is 10. The Bertz CT molecular complexity index is 620. The topological polar surface area (TPSA) is 0 Å². The van der Waals surface area contributed by atoms with Crippen LogP contribution in [-0.4, -0.2) is 23.1 Å². The summed E-state index contributed by atoms with van der Waals surface area (Å²) in [5.74, 6) is 0. The molecule has 2 heteroatoms. The molecule has 142 valence electrons. The van der Waals surface area contributed by atoms with Gasteiger partial charge in [0.25, 0.3) is 0 Å². The molecule has 0 saturated heterocycles. The third-order valence-electron chi connectivity index (χ3n) is 6.03. The minimum absolute atomic E-state index is 0. The molecule has 1 aliphatic rings. The number of fused-ring (bicyclic) bond motifs is 3. The summed E-state index contributed by atoms with van der Waals surface area (Å²) in [6.07, 6.45) is 13.3. The molecular weight excluding hydrogens is 404 g/mol. The molecule has 0 N–H and O–H groups in total. The van der Waals surface area contributed by atoms with Gasteiger partial charge < -0.3 is 17.0 Å². The van der Waals surface area contributed by atoms with Crippen LogP contribution < -0.4 is 17.0 Å². The Morgan fingerprint density at radius 3 is 1.96 bits per heavy atom. The van der Waals surface area contributed by atoms with E-state index in [1.165, 1.54) is 75.3 Å². The molecule has 0 fully saturated rings. The molecule has 2 aromatic carbocycles. The Morgan fingerprint density at radius 1 is 0.741 bits per heavy atom. The van der Waals surface area contributed by atoms with Gasteiger partial charge in [0.1, 0.15) is 0 Å². The first-order valence-corrected chi connectivity index (χ1v) is 10.4. The van der Waals surface area contributed by atoms with Crippen LogP contribution in [0.3, 0.4) is 0 Å². The average Bonchev–Trinajstić information content (AvgIpc) is 2.94. The van der Waals surface area contributed by atoms with Crippen LogP contribution >= 0.6 is 0 Å². The molecule has 1 aliphatic carbocycles.